The van der Waals surface area contributed by atoms with Crippen LogP contribution in [0.1, 0.15) is 20.8 Å². The summed E-state index contributed by atoms with van der Waals surface area (Å²) in [6.45, 7) is 5.01. The second-order valence-electron chi connectivity index (χ2n) is 6.12. The summed E-state index contributed by atoms with van der Waals surface area (Å²) in [7, 11) is 0. The number of anilines is 1. The Morgan fingerprint density at radius 3 is 2.41 bits per heavy atom. The second-order valence-corrected chi connectivity index (χ2v) is 6.56. The van der Waals surface area contributed by atoms with Crippen molar-refractivity contribution >= 4 is 29.2 Å². The molecule has 0 saturated carbocycles. The average Bonchev–Trinajstić information content (AvgIpc) is 2.63. The number of amides is 1. The molecule has 1 N–H and O–H groups in total. The van der Waals surface area contributed by atoms with Gasteiger partial charge in [0, 0.05) is 5.02 Å². The summed E-state index contributed by atoms with van der Waals surface area (Å²) in [5, 5.41) is 3.22. The van der Waals surface area contributed by atoms with Gasteiger partial charge in [-0.1, -0.05) is 23.7 Å². The third-order valence-corrected chi connectivity index (χ3v) is 3.73. The van der Waals surface area contributed by atoms with Crippen molar-refractivity contribution in [2.75, 3.05) is 18.5 Å². The van der Waals surface area contributed by atoms with Crippen molar-refractivity contribution in [1.29, 1.82) is 0 Å². The van der Waals surface area contributed by atoms with E-state index in [0.717, 1.165) is 0 Å². The van der Waals surface area contributed by atoms with Crippen LogP contribution in [0.3, 0.4) is 0 Å². The van der Waals surface area contributed by atoms with E-state index < -0.39 is 24.1 Å². The van der Waals surface area contributed by atoms with Crippen LogP contribution in [-0.2, 0) is 14.3 Å². The van der Waals surface area contributed by atoms with Gasteiger partial charge < -0.3 is 19.5 Å². The summed E-state index contributed by atoms with van der Waals surface area (Å²) >= 11 is 5.83. The van der Waals surface area contributed by atoms with E-state index in [4.69, 9.17) is 25.8 Å². The number of hydrogen-bond donors (Lipinski definition) is 1. The fourth-order valence-corrected chi connectivity index (χ4v) is 2.31. The third kappa shape index (κ3) is 6.18. The minimum Gasteiger partial charge on any atom is -0.492 e. The van der Waals surface area contributed by atoms with E-state index in [1.165, 1.54) is 0 Å². The normalized spacial score (nSPS) is 10.8. The van der Waals surface area contributed by atoms with Crippen molar-refractivity contribution in [3.8, 4) is 11.5 Å². The molecule has 144 valence electrons. The minimum atomic E-state index is -1.27. The van der Waals surface area contributed by atoms with E-state index >= 15 is 0 Å². The first-order valence-corrected chi connectivity index (χ1v) is 8.83. The zero-order valence-corrected chi connectivity index (χ0v) is 16.2. The van der Waals surface area contributed by atoms with Gasteiger partial charge in [-0.05, 0) is 57.2 Å². The molecule has 0 heterocycles. The molecule has 2 rings (SSSR count). The number of esters is 1. The first-order valence-electron chi connectivity index (χ1n) is 8.45. The van der Waals surface area contributed by atoms with Crippen molar-refractivity contribution in [2.24, 2.45) is 0 Å². The largest absolute Gasteiger partial charge is 0.492 e. The van der Waals surface area contributed by atoms with Gasteiger partial charge in [0.1, 0.15) is 11.5 Å². The van der Waals surface area contributed by atoms with E-state index in [0.29, 0.717) is 28.8 Å². The van der Waals surface area contributed by atoms with Crippen LogP contribution >= 0.6 is 11.6 Å². The summed E-state index contributed by atoms with van der Waals surface area (Å²) in [6.07, 6.45) is 0. The first kappa shape index (κ1) is 20.6. The fraction of sp³-hybridized carbons (Fsp3) is 0.300. The number of carbonyl (C=O) groups is 2. The Kier molecular flexibility index (Phi) is 7.07. The quantitative estimate of drug-likeness (QED) is 0.686. The predicted octanol–water partition coefficient (Wildman–Crippen LogP) is 4.08. The van der Waals surface area contributed by atoms with Crippen LogP contribution in [0.15, 0.2) is 48.5 Å². The molecule has 0 aliphatic carbocycles. The van der Waals surface area contributed by atoms with Crippen LogP contribution in [0.4, 0.5) is 5.69 Å². The number of hydrogen-bond acceptors (Lipinski definition) is 5. The number of ether oxygens (including phenoxy) is 3. The molecule has 0 aromatic heterocycles. The molecule has 0 atom stereocenters. The van der Waals surface area contributed by atoms with Crippen molar-refractivity contribution < 1.29 is 23.8 Å². The molecule has 0 bridgehead atoms. The molecule has 27 heavy (non-hydrogen) atoms. The summed E-state index contributed by atoms with van der Waals surface area (Å²) in [5.41, 5.74) is -0.755. The smallest absolute Gasteiger partial charge is 0.350 e. The van der Waals surface area contributed by atoms with Gasteiger partial charge in [-0.25, -0.2) is 4.79 Å². The lowest BCUT2D eigenvalue weighted by Crippen LogP contribution is -2.41. The Balaban J connectivity index is 1.90. The molecule has 0 aliphatic rings. The molecule has 6 nitrogen and oxygen atoms in total. The second kappa shape index (κ2) is 9.28. The van der Waals surface area contributed by atoms with Crippen molar-refractivity contribution in [1.82, 2.24) is 0 Å². The topological polar surface area (TPSA) is 73.9 Å². The van der Waals surface area contributed by atoms with Crippen LogP contribution in [0.2, 0.25) is 5.02 Å². The molecular formula is C20H22ClNO5. The Bertz CT molecular complexity index is 789. The highest BCUT2D eigenvalue weighted by Gasteiger charge is 2.32. The number of carbonyl (C=O) groups excluding carboxylic acids is 2. The van der Waals surface area contributed by atoms with E-state index in [1.54, 1.807) is 62.4 Å². The molecule has 0 fully saturated rings. The first-order chi connectivity index (χ1) is 12.8. The molecule has 7 heteroatoms. The summed E-state index contributed by atoms with van der Waals surface area (Å²) in [5.74, 6) is -0.119. The third-order valence-electron chi connectivity index (χ3n) is 3.47. The van der Waals surface area contributed by atoms with Gasteiger partial charge >= 0.3 is 5.97 Å². The number of halogens is 1. The van der Waals surface area contributed by atoms with Crippen LogP contribution in [0, 0.1) is 0 Å². The Hall–Kier alpha value is -2.73. The highest BCUT2D eigenvalue weighted by atomic mass is 35.5. The molecule has 0 unspecified atom stereocenters. The average molecular weight is 392 g/mol. The molecule has 1 amide bonds. The predicted molar refractivity (Wildman–Crippen MR) is 103 cm³/mol. The van der Waals surface area contributed by atoms with Gasteiger partial charge in [0.15, 0.2) is 12.2 Å². The van der Waals surface area contributed by atoms with E-state index in [9.17, 15) is 9.59 Å². The highest BCUT2D eigenvalue weighted by molar-refractivity contribution is 6.30. The van der Waals surface area contributed by atoms with Crippen molar-refractivity contribution in [2.45, 2.75) is 26.4 Å². The lowest BCUT2D eigenvalue weighted by atomic mass is 10.1. The molecule has 0 saturated heterocycles. The number of para-hydroxylation sites is 2. The van der Waals surface area contributed by atoms with E-state index in [2.05, 4.69) is 5.32 Å². The molecule has 0 radical (unpaired) electrons. The molecular weight excluding hydrogens is 370 g/mol. The van der Waals surface area contributed by atoms with Gasteiger partial charge in [-0.3, -0.25) is 4.79 Å². The highest BCUT2D eigenvalue weighted by Crippen LogP contribution is 2.24. The van der Waals surface area contributed by atoms with Gasteiger partial charge in [0.05, 0.1) is 12.3 Å². The fourth-order valence-electron chi connectivity index (χ4n) is 2.18. The number of nitrogens with one attached hydrogen (secondary N) is 1. The number of rotatable bonds is 8. The van der Waals surface area contributed by atoms with Crippen LogP contribution in [0.25, 0.3) is 0 Å². The summed E-state index contributed by atoms with van der Waals surface area (Å²) < 4.78 is 16.2. The maximum Gasteiger partial charge on any atom is 0.350 e. The van der Waals surface area contributed by atoms with Gasteiger partial charge in [-0.15, -0.1) is 0 Å². The maximum absolute atomic E-state index is 12.3. The van der Waals surface area contributed by atoms with Gasteiger partial charge in [-0.2, -0.15) is 0 Å². The van der Waals surface area contributed by atoms with Gasteiger partial charge in [0.2, 0.25) is 0 Å². The lowest BCUT2D eigenvalue weighted by molar-refractivity contribution is -0.161. The van der Waals surface area contributed by atoms with Crippen molar-refractivity contribution in [3.05, 3.63) is 53.6 Å². The molecule has 0 aliphatic heterocycles. The van der Waals surface area contributed by atoms with E-state index in [1.807, 2.05) is 6.92 Å². The Morgan fingerprint density at radius 1 is 1.07 bits per heavy atom. The van der Waals surface area contributed by atoms with E-state index in [-0.39, 0.29) is 0 Å². The van der Waals surface area contributed by atoms with Crippen molar-refractivity contribution in [3.63, 3.8) is 0 Å². The monoisotopic (exact) mass is 391 g/mol. The SMILES string of the molecule is CCOc1ccccc1NC(=O)COC(=O)C(C)(C)Oc1ccc(Cl)cc1. The van der Waals surface area contributed by atoms with Crippen LogP contribution in [-0.4, -0.2) is 30.7 Å². The lowest BCUT2D eigenvalue weighted by Gasteiger charge is -2.24. The molecule has 2 aromatic rings. The Labute approximate surface area is 163 Å². The zero-order chi connectivity index (χ0) is 19.9. The standard InChI is InChI=1S/C20H22ClNO5/c1-4-25-17-8-6-5-7-16(17)22-18(23)13-26-19(24)20(2,3)27-15-11-9-14(21)10-12-15/h5-12H,4,13H2,1-3H3,(H,22,23). The number of benzene rings is 2. The zero-order valence-electron chi connectivity index (χ0n) is 15.5. The maximum atomic E-state index is 12.3. The van der Waals surface area contributed by atoms with Crippen LogP contribution in [0.5, 0.6) is 11.5 Å². The van der Waals surface area contributed by atoms with Gasteiger partial charge in [0.25, 0.3) is 5.91 Å². The summed E-state index contributed by atoms with van der Waals surface area (Å²) in [6, 6.07) is 13.6. The Morgan fingerprint density at radius 2 is 1.74 bits per heavy atom. The minimum absolute atomic E-state index is 0.438. The molecule has 0 spiro atoms. The summed E-state index contributed by atoms with van der Waals surface area (Å²) in [4.78, 5) is 24.4. The molecule has 2 aromatic carbocycles. The van der Waals surface area contributed by atoms with Crippen LogP contribution < -0.4 is 14.8 Å².